The summed E-state index contributed by atoms with van der Waals surface area (Å²) >= 11 is 0. The molecular weight excluding hydrogens is 451 g/mol. The number of carbonyl (C=O) groups is 1. The van der Waals surface area contributed by atoms with Crippen LogP contribution in [0.5, 0.6) is 0 Å². The molecule has 0 bridgehead atoms. The Hall–Kier alpha value is -1.31. The molecular formula is C21H35IN4O. The Bertz CT molecular complexity index is 652. The summed E-state index contributed by atoms with van der Waals surface area (Å²) < 4.78 is 0. The van der Waals surface area contributed by atoms with Crippen LogP contribution in [0.15, 0.2) is 23.2 Å². The number of halogens is 1. The average molecular weight is 486 g/mol. The van der Waals surface area contributed by atoms with Gasteiger partial charge in [-0.15, -0.1) is 24.0 Å². The second-order valence-electron chi connectivity index (χ2n) is 8.11. The molecule has 1 aromatic rings. The highest BCUT2D eigenvalue weighted by molar-refractivity contribution is 14.0. The number of hydrogen-bond donors (Lipinski definition) is 3. The third-order valence-corrected chi connectivity index (χ3v) is 4.83. The minimum atomic E-state index is -0.360. The molecule has 0 saturated carbocycles. The Labute approximate surface area is 181 Å². The SMILES string of the molecule is CN=C(NCCNC(=O)C(C)(C)C)NC(C)c1ccc2c(c1)CCCC2.I. The number of nitrogens with zero attached hydrogens (tertiary/aromatic N) is 1. The molecule has 1 aliphatic carbocycles. The number of benzene rings is 1. The van der Waals surface area contributed by atoms with E-state index in [0.717, 1.165) is 5.96 Å². The van der Waals surface area contributed by atoms with E-state index in [1.165, 1.54) is 42.4 Å². The van der Waals surface area contributed by atoms with E-state index < -0.39 is 0 Å². The van der Waals surface area contributed by atoms with Gasteiger partial charge < -0.3 is 16.0 Å². The topological polar surface area (TPSA) is 65.5 Å². The summed E-state index contributed by atoms with van der Waals surface area (Å²) in [5.41, 5.74) is 3.93. The number of fused-ring (bicyclic) bond motifs is 1. The van der Waals surface area contributed by atoms with Crippen LogP contribution < -0.4 is 16.0 Å². The van der Waals surface area contributed by atoms with E-state index in [1.54, 1.807) is 7.05 Å². The number of aliphatic imine (C=N–C) groups is 1. The summed E-state index contributed by atoms with van der Waals surface area (Å²) in [7, 11) is 1.77. The largest absolute Gasteiger partial charge is 0.355 e. The van der Waals surface area contributed by atoms with Gasteiger partial charge in [0.1, 0.15) is 0 Å². The van der Waals surface area contributed by atoms with Crippen molar-refractivity contribution < 1.29 is 4.79 Å². The summed E-state index contributed by atoms with van der Waals surface area (Å²) in [6.07, 6.45) is 5.00. The number of guanidine groups is 1. The van der Waals surface area contributed by atoms with Gasteiger partial charge in [0.05, 0.1) is 6.04 Å². The second kappa shape index (κ2) is 10.9. The van der Waals surface area contributed by atoms with Crippen LogP contribution in [0.1, 0.15) is 63.3 Å². The first-order chi connectivity index (χ1) is 12.3. The molecule has 27 heavy (non-hydrogen) atoms. The van der Waals surface area contributed by atoms with Crippen LogP contribution in [0, 0.1) is 5.41 Å². The van der Waals surface area contributed by atoms with Gasteiger partial charge in [0.15, 0.2) is 5.96 Å². The van der Waals surface area contributed by atoms with E-state index >= 15 is 0 Å². The summed E-state index contributed by atoms with van der Waals surface area (Å²) in [6.45, 7) is 9.10. The standard InChI is InChI=1S/C21H34N4O.HI/c1-15(17-11-10-16-8-6-7-9-18(16)14-17)25-20(22-5)24-13-12-23-19(26)21(2,3)4;/h10-11,14-15H,6-9,12-13H2,1-5H3,(H,23,26)(H2,22,24,25);1H. The summed E-state index contributed by atoms with van der Waals surface area (Å²) in [4.78, 5) is 16.2. The first kappa shape index (κ1) is 23.7. The normalized spacial score (nSPS) is 15.2. The maximum Gasteiger partial charge on any atom is 0.225 e. The fourth-order valence-corrected chi connectivity index (χ4v) is 3.13. The van der Waals surface area contributed by atoms with Gasteiger partial charge in [0.2, 0.25) is 5.91 Å². The van der Waals surface area contributed by atoms with Crippen LogP contribution >= 0.6 is 24.0 Å². The van der Waals surface area contributed by atoms with Gasteiger partial charge in [-0.2, -0.15) is 0 Å². The molecule has 1 aromatic carbocycles. The molecule has 5 nitrogen and oxygen atoms in total. The third kappa shape index (κ3) is 7.31. The molecule has 6 heteroatoms. The van der Waals surface area contributed by atoms with E-state index in [2.05, 4.69) is 46.1 Å². The number of carbonyl (C=O) groups excluding carboxylic acids is 1. The first-order valence-corrected chi connectivity index (χ1v) is 9.68. The van der Waals surface area contributed by atoms with Crippen molar-refractivity contribution in [3.05, 3.63) is 34.9 Å². The van der Waals surface area contributed by atoms with Crippen molar-refractivity contribution in [2.24, 2.45) is 10.4 Å². The third-order valence-electron chi connectivity index (χ3n) is 4.83. The lowest BCUT2D eigenvalue weighted by Gasteiger charge is -2.22. The van der Waals surface area contributed by atoms with Gasteiger partial charge in [-0.05, 0) is 49.3 Å². The van der Waals surface area contributed by atoms with E-state index in [9.17, 15) is 4.79 Å². The van der Waals surface area contributed by atoms with Crippen molar-refractivity contribution in [2.45, 2.75) is 59.4 Å². The molecule has 0 aromatic heterocycles. The molecule has 0 heterocycles. The highest BCUT2D eigenvalue weighted by Gasteiger charge is 2.20. The first-order valence-electron chi connectivity index (χ1n) is 9.68. The quantitative estimate of drug-likeness (QED) is 0.258. The minimum absolute atomic E-state index is 0. The van der Waals surface area contributed by atoms with E-state index in [4.69, 9.17) is 0 Å². The van der Waals surface area contributed by atoms with Crippen molar-refractivity contribution in [2.75, 3.05) is 20.1 Å². The lowest BCUT2D eigenvalue weighted by atomic mass is 9.89. The molecule has 3 N–H and O–H groups in total. The van der Waals surface area contributed by atoms with E-state index in [-0.39, 0.29) is 41.3 Å². The van der Waals surface area contributed by atoms with E-state index in [0.29, 0.717) is 13.1 Å². The lowest BCUT2D eigenvalue weighted by Crippen LogP contribution is -2.44. The number of rotatable bonds is 5. The molecule has 0 aliphatic heterocycles. The molecule has 1 atom stereocenters. The summed E-state index contributed by atoms with van der Waals surface area (Å²) in [5.74, 6) is 0.810. The molecule has 0 spiro atoms. The second-order valence-corrected chi connectivity index (χ2v) is 8.11. The van der Waals surface area contributed by atoms with E-state index in [1.807, 2.05) is 20.8 Å². The molecule has 2 rings (SSSR count). The molecule has 1 unspecified atom stereocenters. The highest BCUT2D eigenvalue weighted by Crippen LogP contribution is 2.24. The van der Waals surface area contributed by atoms with Crippen LogP contribution in [0.25, 0.3) is 0 Å². The zero-order chi connectivity index (χ0) is 19.2. The lowest BCUT2D eigenvalue weighted by molar-refractivity contribution is -0.128. The van der Waals surface area contributed by atoms with Crippen molar-refractivity contribution in [1.29, 1.82) is 0 Å². The Kier molecular flexibility index (Phi) is 9.56. The number of nitrogens with one attached hydrogen (secondary N) is 3. The maximum absolute atomic E-state index is 11.9. The summed E-state index contributed by atoms with van der Waals surface area (Å²) in [5, 5.41) is 9.63. The zero-order valence-electron chi connectivity index (χ0n) is 17.3. The Morgan fingerprint density at radius 3 is 2.37 bits per heavy atom. The summed E-state index contributed by atoms with van der Waals surface area (Å²) in [6, 6.07) is 7.01. The molecule has 0 saturated heterocycles. The van der Waals surface area contributed by atoms with Crippen molar-refractivity contribution in [3.8, 4) is 0 Å². The van der Waals surface area contributed by atoms with Crippen LogP contribution in [0.2, 0.25) is 0 Å². The highest BCUT2D eigenvalue weighted by atomic mass is 127. The van der Waals surface area contributed by atoms with Crippen LogP contribution in [0.4, 0.5) is 0 Å². The zero-order valence-corrected chi connectivity index (χ0v) is 19.6. The van der Waals surface area contributed by atoms with Gasteiger partial charge in [0.25, 0.3) is 0 Å². The van der Waals surface area contributed by atoms with Crippen LogP contribution in [0.3, 0.4) is 0 Å². The predicted molar refractivity (Wildman–Crippen MR) is 124 cm³/mol. The molecule has 1 amide bonds. The van der Waals surface area contributed by atoms with Crippen molar-refractivity contribution >= 4 is 35.8 Å². The fraction of sp³-hybridized carbons (Fsp3) is 0.619. The number of hydrogen-bond acceptors (Lipinski definition) is 2. The van der Waals surface area contributed by atoms with Crippen LogP contribution in [-0.4, -0.2) is 32.0 Å². The Morgan fingerprint density at radius 2 is 1.74 bits per heavy atom. The molecule has 152 valence electrons. The Balaban J connectivity index is 0.00000364. The van der Waals surface area contributed by atoms with Crippen molar-refractivity contribution in [3.63, 3.8) is 0 Å². The monoisotopic (exact) mass is 486 g/mol. The molecule has 0 fully saturated rings. The molecule has 1 aliphatic rings. The minimum Gasteiger partial charge on any atom is -0.355 e. The van der Waals surface area contributed by atoms with Gasteiger partial charge in [-0.3, -0.25) is 9.79 Å². The maximum atomic E-state index is 11.9. The Morgan fingerprint density at radius 1 is 1.11 bits per heavy atom. The van der Waals surface area contributed by atoms with Gasteiger partial charge in [-0.25, -0.2) is 0 Å². The number of aryl methyl sites for hydroxylation is 2. The number of amides is 1. The van der Waals surface area contributed by atoms with Gasteiger partial charge >= 0.3 is 0 Å². The smallest absolute Gasteiger partial charge is 0.225 e. The van der Waals surface area contributed by atoms with Crippen LogP contribution in [-0.2, 0) is 17.6 Å². The molecule has 0 radical (unpaired) electrons. The van der Waals surface area contributed by atoms with Crippen molar-refractivity contribution in [1.82, 2.24) is 16.0 Å². The fourth-order valence-electron chi connectivity index (χ4n) is 3.13. The van der Waals surface area contributed by atoms with Gasteiger partial charge in [-0.1, -0.05) is 39.0 Å². The van der Waals surface area contributed by atoms with Gasteiger partial charge in [0, 0.05) is 25.6 Å². The predicted octanol–water partition coefficient (Wildman–Crippen LogP) is 3.57. The average Bonchev–Trinajstić information content (AvgIpc) is 2.62.